The highest BCUT2D eigenvalue weighted by Crippen LogP contribution is 2.61. The Balaban J connectivity index is 1.39. The van der Waals surface area contributed by atoms with Crippen molar-refractivity contribution in [2.75, 3.05) is 13.6 Å². The van der Waals surface area contributed by atoms with E-state index in [-0.39, 0.29) is 28.1 Å². The van der Waals surface area contributed by atoms with Gasteiger partial charge in [0, 0.05) is 13.1 Å². The standard InChI is InChI=1S/C19H28N2O3S2/c1-13(19-9-14-6-15(10-19)8-16(7-14)11-19)20-17(22)12-21(2)26(23,24)18-4-3-5-25-18/h3-5,13-16H,6-12H2,1-2H3,(H,20,22). The van der Waals surface area contributed by atoms with Gasteiger partial charge in [0.2, 0.25) is 5.91 Å². The van der Waals surface area contributed by atoms with Gasteiger partial charge in [-0.1, -0.05) is 6.07 Å². The predicted octanol–water partition coefficient (Wildman–Crippen LogP) is 3.09. The van der Waals surface area contributed by atoms with Crippen molar-refractivity contribution in [1.29, 1.82) is 0 Å². The van der Waals surface area contributed by atoms with Crippen LogP contribution in [-0.2, 0) is 14.8 Å². The molecule has 0 radical (unpaired) electrons. The summed E-state index contributed by atoms with van der Waals surface area (Å²) in [6, 6.07) is 3.40. The summed E-state index contributed by atoms with van der Waals surface area (Å²) in [5, 5.41) is 4.88. The molecule has 1 atom stereocenters. The average Bonchev–Trinajstić information content (AvgIpc) is 3.08. The largest absolute Gasteiger partial charge is 0.352 e. The first-order valence-corrected chi connectivity index (χ1v) is 11.9. The van der Waals surface area contributed by atoms with Crippen molar-refractivity contribution in [3.63, 3.8) is 0 Å². The van der Waals surface area contributed by atoms with Crippen LogP contribution in [0.1, 0.15) is 45.4 Å². The zero-order valence-electron chi connectivity index (χ0n) is 15.5. The molecular formula is C19H28N2O3S2. The predicted molar refractivity (Wildman–Crippen MR) is 102 cm³/mol. The molecule has 4 saturated carbocycles. The van der Waals surface area contributed by atoms with E-state index in [2.05, 4.69) is 12.2 Å². The third kappa shape index (κ3) is 3.22. The summed E-state index contributed by atoms with van der Waals surface area (Å²) in [6.07, 6.45) is 7.81. The Labute approximate surface area is 160 Å². The smallest absolute Gasteiger partial charge is 0.252 e. The van der Waals surface area contributed by atoms with E-state index in [9.17, 15) is 13.2 Å². The molecule has 0 spiro atoms. The lowest BCUT2D eigenvalue weighted by atomic mass is 9.48. The van der Waals surface area contributed by atoms with E-state index in [0.29, 0.717) is 0 Å². The number of likely N-dealkylation sites (N-methyl/N-ethyl adjacent to an activating group) is 1. The maximum absolute atomic E-state index is 12.6. The minimum absolute atomic E-state index is 0.112. The van der Waals surface area contributed by atoms with E-state index in [4.69, 9.17) is 0 Å². The third-order valence-corrected chi connectivity index (χ3v) is 10.1. The van der Waals surface area contributed by atoms with Crippen molar-refractivity contribution in [1.82, 2.24) is 9.62 Å². The Morgan fingerprint density at radius 1 is 1.27 bits per heavy atom. The van der Waals surface area contributed by atoms with Crippen molar-refractivity contribution < 1.29 is 13.2 Å². The molecule has 5 nitrogen and oxygen atoms in total. The van der Waals surface area contributed by atoms with Crippen molar-refractivity contribution >= 4 is 27.3 Å². The monoisotopic (exact) mass is 396 g/mol. The van der Waals surface area contributed by atoms with Crippen LogP contribution < -0.4 is 5.32 Å². The molecule has 1 heterocycles. The summed E-state index contributed by atoms with van der Waals surface area (Å²) in [7, 11) is -2.10. The Hall–Kier alpha value is -0.920. The Bertz CT molecular complexity index is 737. The number of carbonyl (C=O) groups excluding carboxylic acids is 1. The second-order valence-electron chi connectivity index (χ2n) is 8.76. The molecule has 1 aromatic heterocycles. The fourth-order valence-electron chi connectivity index (χ4n) is 6.00. The highest BCUT2D eigenvalue weighted by Gasteiger charge is 2.53. The molecule has 7 heteroatoms. The zero-order chi connectivity index (χ0) is 18.5. The number of amides is 1. The van der Waals surface area contributed by atoms with Crippen LogP contribution in [-0.4, -0.2) is 38.3 Å². The van der Waals surface area contributed by atoms with Gasteiger partial charge in [-0.2, -0.15) is 4.31 Å². The summed E-state index contributed by atoms with van der Waals surface area (Å²) in [5.74, 6) is 2.31. The van der Waals surface area contributed by atoms with Crippen LogP contribution in [0.25, 0.3) is 0 Å². The van der Waals surface area contributed by atoms with E-state index in [1.54, 1.807) is 17.5 Å². The van der Waals surface area contributed by atoms with Crippen LogP contribution in [0, 0.1) is 23.2 Å². The first kappa shape index (κ1) is 18.4. The van der Waals surface area contributed by atoms with Crippen LogP contribution >= 0.6 is 11.3 Å². The van der Waals surface area contributed by atoms with Crippen molar-refractivity contribution in [3.05, 3.63) is 17.5 Å². The Morgan fingerprint density at radius 2 is 1.85 bits per heavy atom. The van der Waals surface area contributed by atoms with Gasteiger partial charge in [0.05, 0.1) is 6.54 Å². The summed E-state index contributed by atoms with van der Waals surface area (Å²) in [4.78, 5) is 12.6. The van der Waals surface area contributed by atoms with E-state index >= 15 is 0 Å². The minimum Gasteiger partial charge on any atom is -0.352 e. The quantitative estimate of drug-likeness (QED) is 0.803. The summed E-state index contributed by atoms with van der Waals surface area (Å²) < 4.78 is 26.4. The van der Waals surface area contributed by atoms with Crippen molar-refractivity contribution in [2.45, 2.75) is 55.7 Å². The fourth-order valence-corrected chi connectivity index (χ4v) is 8.33. The molecule has 26 heavy (non-hydrogen) atoms. The van der Waals surface area contributed by atoms with Gasteiger partial charge in [0.25, 0.3) is 10.0 Å². The van der Waals surface area contributed by atoms with Crippen LogP contribution in [0.4, 0.5) is 0 Å². The van der Waals surface area contributed by atoms with Crippen molar-refractivity contribution in [3.8, 4) is 0 Å². The molecule has 5 rings (SSSR count). The molecule has 0 aromatic carbocycles. The van der Waals surface area contributed by atoms with Crippen LogP contribution in [0.3, 0.4) is 0 Å². The average molecular weight is 397 g/mol. The van der Waals surface area contributed by atoms with Gasteiger partial charge in [-0.3, -0.25) is 4.79 Å². The van der Waals surface area contributed by atoms with Crippen LogP contribution in [0.15, 0.2) is 21.7 Å². The van der Waals surface area contributed by atoms with E-state index in [1.807, 2.05) is 0 Å². The number of nitrogens with zero attached hydrogens (tertiary/aromatic N) is 1. The number of sulfonamides is 1. The number of thiophene rings is 1. The molecule has 4 bridgehead atoms. The molecule has 4 fully saturated rings. The molecule has 1 unspecified atom stereocenters. The molecule has 0 saturated heterocycles. The highest BCUT2D eigenvalue weighted by atomic mass is 32.2. The molecule has 1 aromatic rings. The van der Waals surface area contributed by atoms with Gasteiger partial charge in [-0.05, 0) is 80.1 Å². The topological polar surface area (TPSA) is 66.5 Å². The van der Waals surface area contributed by atoms with E-state index in [1.165, 1.54) is 56.9 Å². The summed E-state index contributed by atoms with van der Waals surface area (Å²) >= 11 is 1.18. The first-order valence-electron chi connectivity index (χ1n) is 9.58. The van der Waals surface area contributed by atoms with Gasteiger partial charge in [-0.25, -0.2) is 8.42 Å². The normalized spacial score (nSPS) is 34.2. The van der Waals surface area contributed by atoms with Crippen LogP contribution in [0.2, 0.25) is 0 Å². The lowest BCUT2D eigenvalue weighted by Gasteiger charge is -2.59. The lowest BCUT2D eigenvalue weighted by Crippen LogP contribution is -2.56. The zero-order valence-corrected chi connectivity index (χ0v) is 17.1. The number of rotatable bonds is 6. The first-order chi connectivity index (χ1) is 12.3. The maximum Gasteiger partial charge on any atom is 0.252 e. The van der Waals surface area contributed by atoms with Gasteiger partial charge < -0.3 is 5.32 Å². The van der Waals surface area contributed by atoms with Crippen LogP contribution in [0.5, 0.6) is 0 Å². The number of carbonyl (C=O) groups is 1. The van der Waals surface area contributed by atoms with E-state index < -0.39 is 10.0 Å². The highest BCUT2D eigenvalue weighted by molar-refractivity contribution is 7.91. The minimum atomic E-state index is -3.58. The SMILES string of the molecule is CC(NC(=O)CN(C)S(=O)(=O)c1cccs1)C12CC3CC(CC(C3)C1)C2. The third-order valence-electron chi connectivity index (χ3n) is 6.91. The lowest BCUT2D eigenvalue weighted by molar-refractivity contribution is -0.125. The Morgan fingerprint density at radius 3 is 2.35 bits per heavy atom. The second kappa shape index (κ2) is 6.60. The molecule has 144 valence electrons. The maximum atomic E-state index is 12.6. The summed E-state index contributed by atoms with van der Waals surface area (Å²) in [6.45, 7) is 2.00. The van der Waals surface area contributed by atoms with Gasteiger partial charge >= 0.3 is 0 Å². The fraction of sp³-hybridized carbons (Fsp3) is 0.737. The number of nitrogens with one attached hydrogen (secondary N) is 1. The Kier molecular flexibility index (Phi) is 4.68. The summed E-state index contributed by atoms with van der Waals surface area (Å²) in [5.41, 5.74) is 0.232. The molecule has 4 aliphatic carbocycles. The molecule has 1 N–H and O–H groups in total. The molecule has 4 aliphatic rings. The molecule has 1 amide bonds. The number of hydrogen-bond donors (Lipinski definition) is 1. The van der Waals surface area contributed by atoms with Gasteiger partial charge in [-0.15, -0.1) is 11.3 Å². The molecular weight excluding hydrogens is 368 g/mol. The number of hydrogen-bond acceptors (Lipinski definition) is 4. The van der Waals surface area contributed by atoms with Gasteiger partial charge in [0.1, 0.15) is 4.21 Å². The van der Waals surface area contributed by atoms with Crippen molar-refractivity contribution in [2.24, 2.45) is 23.2 Å². The second-order valence-corrected chi connectivity index (χ2v) is 12.0. The van der Waals surface area contributed by atoms with E-state index in [0.717, 1.165) is 22.1 Å². The molecule has 0 aliphatic heterocycles. The van der Waals surface area contributed by atoms with Gasteiger partial charge in [0.15, 0.2) is 0 Å².